The average molecular weight is 142 g/mol. The summed E-state index contributed by atoms with van der Waals surface area (Å²) in [4.78, 5) is 10.8. The van der Waals surface area contributed by atoms with Gasteiger partial charge in [-0.2, -0.15) is 0 Å². The monoisotopic (exact) mass is 142 g/mol. The van der Waals surface area contributed by atoms with Crippen LogP contribution < -0.4 is 0 Å². The second-order valence-corrected chi connectivity index (χ2v) is 3.24. The van der Waals surface area contributed by atoms with E-state index in [1.807, 2.05) is 6.92 Å². The maximum Gasteiger partial charge on any atom is 0.306 e. The van der Waals surface area contributed by atoms with Gasteiger partial charge in [0.1, 0.15) is 6.10 Å². The Morgan fingerprint density at radius 2 is 2.00 bits per heavy atom. The van der Waals surface area contributed by atoms with Gasteiger partial charge in [-0.05, 0) is 18.8 Å². The summed E-state index contributed by atoms with van der Waals surface area (Å²) in [6.45, 7) is 6.18. The van der Waals surface area contributed by atoms with Crippen LogP contribution in [0.15, 0.2) is 0 Å². The summed E-state index contributed by atoms with van der Waals surface area (Å²) in [7, 11) is 0. The Balaban J connectivity index is 2.57. The second kappa shape index (κ2) is 2.60. The van der Waals surface area contributed by atoms with Gasteiger partial charge in [0.05, 0.1) is 0 Å². The number of hydrogen-bond acceptors (Lipinski definition) is 2. The van der Waals surface area contributed by atoms with E-state index < -0.39 is 0 Å². The minimum atomic E-state index is -0.0434. The lowest BCUT2D eigenvalue weighted by Gasteiger charge is -2.30. The van der Waals surface area contributed by atoms with Crippen molar-refractivity contribution in [3.05, 3.63) is 0 Å². The number of esters is 1. The van der Waals surface area contributed by atoms with Gasteiger partial charge in [0.25, 0.3) is 0 Å². The van der Waals surface area contributed by atoms with Crippen molar-refractivity contribution < 1.29 is 9.53 Å². The van der Waals surface area contributed by atoms with Crippen LogP contribution in [0.4, 0.5) is 0 Å². The van der Waals surface area contributed by atoms with E-state index in [-0.39, 0.29) is 12.1 Å². The van der Waals surface area contributed by atoms with E-state index in [4.69, 9.17) is 4.74 Å². The Morgan fingerprint density at radius 1 is 1.40 bits per heavy atom. The highest BCUT2D eigenvalue weighted by Gasteiger charge is 2.29. The fourth-order valence-electron chi connectivity index (χ4n) is 1.27. The van der Waals surface area contributed by atoms with Crippen molar-refractivity contribution in [1.82, 2.24) is 0 Å². The topological polar surface area (TPSA) is 26.3 Å². The maximum absolute atomic E-state index is 10.8. The van der Waals surface area contributed by atoms with Gasteiger partial charge in [-0.1, -0.05) is 13.8 Å². The Hall–Kier alpha value is -0.530. The molecule has 0 spiro atoms. The van der Waals surface area contributed by atoms with Crippen molar-refractivity contribution in [3.8, 4) is 0 Å². The molecule has 0 radical (unpaired) electrons. The molecule has 2 heteroatoms. The zero-order chi connectivity index (χ0) is 7.72. The Morgan fingerprint density at radius 3 is 2.50 bits per heavy atom. The van der Waals surface area contributed by atoms with Crippen LogP contribution in [0.25, 0.3) is 0 Å². The highest BCUT2D eigenvalue weighted by Crippen LogP contribution is 2.26. The summed E-state index contributed by atoms with van der Waals surface area (Å²) in [5.41, 5.74) is 0. The van der Waals surface area contributed by atoms with Gasteiger partial charge in [0.2, 0.25) is 0 Å². The molecule has 0 saturated carbocycles. The third-order valence-corrected chi connectivity index (χ3v) is 2.44. The molecule has 1 fully saturated rings. The fourth-order valence-corrected chi connectivity index (χ4v) is 1.27. The minimum absolute atomic E-state index is 0.0434. The van der Waals surface area contributed by atoms with Crippen LogP contribution in [0.1, 0.15) is 27.2 Å². The molecule has 0 aromatic rings. The van der Waals surface area contributed by atoms with Crippen molar-refractivity contribution in [1.29, 1.82) is 0 Å². The van der Waals surface area contributed by atoms with Crippen LogP contribution in [-0.4, -0.2) is 12.1 Å². The van der Waals surface area contributed by atoms with Crippen LogP contribution >= 0.6 is 0 Å². The van der Waals surface area contributed by atoms with Crippen molar-refractivity contribution in [2.45, 2.75) is 33.3 Å². The van der Waals surface area contributed by atoms with Gasteiger partial charge in [0, 0.05) is 6.42 Å². The number of ether oxygens (including phenoxy) is 1. The normalized spacial score (nSPS) is 41.1. The highest BCUT2D eigenvalue weighted by atomic mass is 16.5. The number of carbonyl (C=O) groups is 1. The summed E-state index contributed by atoms with van der Waals surface area (Å²) in [5, 5.41) is 0. The molecule has 1 heterocycles. The minimum Gasteiger partial charge on any atom is -0.462 e. The smallest absolute Gasteiger partial charge is 0.306 e. The molecule has 2 nitrogen and oxygen atoms in total. The lowest BCUT2D eigenvalue weighted by molar-refractivity contribution is -0.159. The van der Waals surface area contributed by atoms with Crippen LogP contribution in [-0.2, 0) is 9.53 Å². The lowest BCUT2D eigenvalue weighted by Crippen LogP contribution is -2.34. The Kier molecular flexibility index (Phi) is 1.97. The molecule has 10 heavy (non-hydrogen) atoms. The van der Waals surface area contributed by atoms with Gasteiger partial charge in [-0.25, -0.2) is 0 Å². The molecular formula is C8H14O2. The fraction of sp³-hybridized carbons (Fsp3) is 0.875. The van der Waals surface area contributed by atoms with Crippen molar-refractivity contribution >= 4 is 5.97 Å². The molecule has 58 valence electrons. The van der Waals surface area contributed by atoms with E-state index >= 15 is 0 Å². The van der Waals surface area contributed by atoms with E-state index in [9.17, 15) is 4.79 Å². The van der Waals surface area contributed by atoms with E-state index in [0.29, 0.717) is 18.3 Å². The Labute approximate surface area is 61.6 Å². The summed E-state index contributed by atoms with van der Waals surface area (Å²) in [6, 6.07) is 0. The molecule has 3 atom stereocenters. The van der Waals surface area contributed by atoms with Crippen molar-refractivity contribution in [2.75, 3.05) is 0 Å². The van der Waals surface area contributed by atoms with Gasteiger partial charge >= 0.3 is 5.97 Å². The predicted molar refractivity (Wildman–Crippen MR) is 38.5 cm³/mol. The number of cyclic esters (lactones) is 1. The lowest BCUT2D eigenvalue weighted by atomic mass is 9.87. The van der Waals surface area contributed by atoms with Crippen molar-refractivity contribution in [2.24, 2.45) is 11.8 Å². The zero-order valence-electron chi connectivity index (χ0n) is 6.76. The molecule has 1 aliphatic rings. The quantitative estimate of drug-likeness (QED) is 0.480. The second-order valence-electron chi connectivity index (χ2n) is 3.24. The zero-order valence-corrected chi connectivity index (χ0v) is 6.76. The first kappa shape index (κ1) is 7.58. The third kappa shape index (κ3) is 1.31. The summed E-state index contributed by atoms with van der Waals surface area (Å²) in [6.07, 6.45) is 0.696. The van der Waals surface area contributed by atoms with Crippen LogP contribution in [0.3, 0.4) is 0 Å². The SMILES string of the molecule is CC1CC(=O)O[C@@H](C)[C@H]1C. The third-order valence-electron chi connectivity index (χ3n) is 2.44. The molecule has 0 bridgehead atoms. The van der Waals surface area contributed by atoms with Crippen molar-refractivity contribution in [3.63, 3.8) is 0 Å². The summed E-state index contributed by atoms with van der Waals surface area (Å²) in [5.74, 6) is 0.951. The molecular weight excluding hydrogens is 128 g/mol. The van der Waals surface area contributed by atoms with Crippen LogP contribution in [0.5, 0.6) is 0 Å². The molecule has 1 aliphatic heterocycles. The molecule has 1 saturated heterocycles. The van der Waals surface area contributed by atoms with E-state index in [0.717, 1.165) is 0 Å². The highest BCUT2D eigenvalue weighted by molar-refractivity contribution is 5.70. The van der Waals surface area contributed by atoms with Gasteiger partial charge in [0.15, 0.2) is 0 Å². The maximum atomic E-state index is 10.8. The predicted octanol–water partition coefficient (Wildman–Crippen LogP) is 1.59. The Bertz CT molecular complexity index is 128. The first-order valence-electron chi connectivity index (χ1n) is 3.80. The first-order valence-corrected chi connectivity index (χ1v) is 3.80. The summed E-state index contributed by atoms with van der Waals surface area (Å²) < 4.78 is 5.03. The molecule has 0 amide bonds. The number of carbonyl (C=O) groups excluding carboxylic acids is 1. The van der Waals surface area contributed by atoms with E-state index in [1.165, 1.54) is 0 Å². The number of rotatable bonds is 0. The van der Waals surface area contributed by atoms with Crippen LogP contribution in [0, 0.1) is 11.8 Å². The van der Waals surface area contributed by atoms with Gasteiger partial charge in [-0.3, -0.25) is 4.79 Å². The van der Waals surface area contributed by atoms with E-state index in [2.05, 4.69) is 13.8 Å². The summed E-state index contributed by atoms with van der Waals surface area (Å²) >= 11 is 0. The largest absolute Gasteiger partial charge is 0.462 e. The molecule has 0 aromatic carbocycles. The van der Waals surface area contributed by atoms with Gasteiger partial charge < -0.3 is 4.74 Å². The van der Waals surface area contributed by atoms with Gasteiger partial charge in [-0.15, -0.1) is 0 Å². The molecule has 0 aliphatic carbocycles. The first-order chi connectivity index (χ1) is 4.61. The molecule has 0 aromatic heterocycles. The average Bonchev–Trinajstić information content (AvgIpc) is 1.82. The number of hydrogen-bond donors (Lipinski definition) is 0. The molecule has 1 unspecified atom stereocenters. The molecule has 0 N–H and O–H groups in total. The van der Waals surface area contributed by atoms with E-state index in [1.54, 1.807) is 0 Å². The molecule has 1 rings (SSSR count). The van der Waals surface area contributed by atoms with Crippen LogP contribution in [0.2, 0.25) is 0 Å². The standard InChI is InChI=1S/C8H14O2/c1-5-4-8(9)10-7(3)6(5)2/h5-7H,4H2,1-3H3/t5?,6-,7-/m0/s1.